The summed E-state index contributed by atoms with van der Waals surface area (Å²) in [7, 11) is 0. The van der Waals surface area contributed by atoms with Crippen molar-refractivity contribution in [2.24, 2.45) is 0 Å². The quantitative estimate of drug-likeness (QED) is 0.692. The van der Waals surface area contributed by atoms with Gasteiger partial charge in [0.1, 0.15) is 5.75 Å². The van der Waals surface area contributed by atoms with Crippen molar-refractivity contribution in [2.75, 3.05) is 0 Å². The second-order valence-electron chi connectivity index (χ2n) is 7.69. The van der Waals surface area contributed by atoms with Gasteiger partial charge >= 0.3 is 0 Å². The molecule has 3 rings (SSSR count). The fourth-order valence-corrected chi connectivity index (χ4v) is 3.99. The summed E-state index contributed by atoms with van der Waals surface area (Å²) in [6.07, 6.45) is 4.30. The summed E-state index contributed by atoms with van der Waals surface area (Å²) in [6, 6.07) is 14.5. The first-order chi connectivity index (χ1) is 12.8. The summed E-state index contributed by atoms with van der Waals surface area (Å²) in [6.45, 7) is 12.8. The standard InChI is InChI=1S/C26H28O/c1-16-10-18(3)23(19(4)11-16)14-22-8-7-9-26(27)25(22)15-24-20(5)12-17(2)13-21(24)6/h7-15,27H,1-6H3. The van der Waals surface area contributed by atoms with Gasteiger partial charge in [-0.25, -0.2) is 0 Å². The second kappa shape index (κ2) is 7.44. The van der Waals surface area contributed by atoms with Crippen LogP contribution in [0, 0.1) is 41.5 Å². The van der Waals surface area contributed by atoms with E-state index < -0.39 is 0 Å². The maximum atomic E-state index is 10.6. The van der Waals surface area contributed by atoms with Crippen molar-refractivity contribution in [1.82, 2.24) is 0 Å². The van der Waals surface area contributed by atoms with Crippen LogP contribution < -0.4 is 10.4 Å². The highest BCUT2D eigenvalue weighted by atomic mass is 16.3. The third kappa shape index (κ3) is 3.98. The number of hydrogen-bond acceptors (Lipinski definition) is 1. The molecule has 0 spiro atoms. The molecular weight excluding hydrogens is 328 g/mol. The van der Waals surface area contributed by atoms with Crippen molar-refractivity contribution in [3.05, 3.63) is 97.4 Å². The third-order valence-electron chi connectivity index (χ3n) is 5.18. The highest BCUT2D eigenvalue weighted by molar-refractivity contribution is 5.63. The van der Waals surface area contributed by atoms with Gasteiger partial charge in [0, 0.05) is 5.22 Å². The molecule has 0 unspecified atom stereocenters. The topological polar surface area (TPSA) is 20.2 Å². The van der Waals surface area contributed by atoms with Crippen LogP contribution in [0.2, 0.25) is 0 Å². The SMILES string of the molecule is Cc1cc(C)c(C=c2cccc(O)c2=Cc2c(C)cc(C)cc2C)c(C)c1. The highest BCUT2D eigenvalue weighted by Gasteiger charge is 2.05. The Morgan fingerprint density at radius 2 is 1.07 bits per heavy atom. The average molecular weight is 357 g/mol. The van der Waals surface area contributed by atoms with Gasteiger partial charge in [0.15, 0.2) is 0 Å². The maximum Gasteiger partial charge on any atom is 0.123 e. The van der Waals surface area contributed by atoms with E-state index in [2.05, 4.69) is 84.0 Å². The Balaban J connectivity index is 2.33. The zero-order valence-corrected chi connectivity index (χ0v) is 17.1. The number of aryl methyl sites for hydroxylation is 6. The van der Waals surface area contributed by atoms with E-state index in [9.17, 15) is 5.11 Å². The van der Waals surface area contributed by atoms with Crippen molar-refractivity contribution < 1.29 is 5.11 Å². The van der Waals surface area contributed by atoms with Gasteiger partial charge in [0.05, 0.1) is 0 Å². The molecule has 0 saturated heterocycles. The first-order valence-corrected chi connectivity index (χ1v) is 9.43. The Bertz CT molecular complexity index is 1090. The highest BCUT2D eigenvalue weighted by Crippen LogP contribution is 2.18. The van der Waals surface area contributed by atoms with Gasteiger partial charge in [0.25, 0.3) is 0 Å². The lowest BCUT2D eigenvalue weighted by molar-refractivity contribution is 0.470. The molecule has 138 valence electrons. The van der Waals surface area contributed by atoms with Crippen molar-refractivity contribution in [3.8, 4) is 5.75 Å². The minimum Gasteiger partial charge on any atom is -0.507 e. The van der Waals surface area contributed by atoms with E-state index in [-0.39, 0.29) is 0 Å². The van der Waals surface area contributed by atoms with Gasteiger partial charge in [-0.2, -0.15) is 0 Å². The van der Waals surface area contributed by atoms with E-state index in [1.165, 1.54) is 44.5 Å². The molecule has 0 aliphatic heterocycles. The van der Waals surface area contributed by atoms with Crippen LogP contribution in [0.3, 0.4) is 0 Å². The molecule has 1 N–H and O–H groups in total. The van der Waals surface area contributed by atoms with E-state index in [0.29, 0.717) is 5.75 Å². The number of hydrogen-bond donors (Lipinski definition) is 1. The lowest BCUT2D eigenvalue weighted by Gasteiger charge is -2.09. The summed E-state index contributed by atoms with van der Waals surface area (Å²) in [4.78, 5) is 0. The molecule has 3 aromatic rings. The fraction of sp³-hybridized carbons (Fsp3) is 0.231. The predicted octanol–water partition coefficient (Wildman–Crippen LogP) is 4.90. The smallest absolute Gasteiger partial charge is 0.123 e. The Hall–Kier alpha value is -2.80. The van der Waals surface area contributed by atoms with Gasteiger partial charge in [0.2, 0.25) is 0 Å². The Labute approximate surface area is 162 Å². The molecule has 0 atom stereocenters. The Kier molecular flexibility index (Phi) is 5.23. The molecule has 1 heteroatoms. The average Bonchev–Trinajstić information content (AvgIpc) is 2.55. The van der Waals surface area contributed by atoms with Crippen LogP contribution in [0.5, 0.6) is 5.75 Å². The molecule has 0 bridgehead atoms. The summed E-state index contributed by atoms with van der Waals surface area (Å²) in [5.41, 5.74) is 9.89. The summed E-state index contributed by atoms with van der Waals surface area (Å²) >= 11 is 0. The van der Waals surface area contributed by atoms with Crippen molar-refractivity contribution in [1.29, 1.82) is 0 Å². The van der Waals surface area contributed by atoms with Crippen LogP contribution in [0.25, 0.3) is 12.2 Å². The molecule has 0 heterocycles. The molecular formula is C26H28O. The first-order valence-electron chi connectivity index (χ1n) is 9.43. The molecule has 0 fully saturated rings. The van der Waals surface area contributed by atoms with Crippen LogP contribution in [0.1, 0.15) is 44.5 Å². The van der Waals surface area contributed by atoms with E-state index in [1.54, 1.807) is 6.07 Å². The van der Waals surface area contributed by atoms with Crippen LogP contribution in [0.15, 0.2) is 42.5 Å². The molecule has 3 aromatic carbocycles. The number of rotatable bonds is 2. The number of benzene rings is 3. The van der Waals surface area contributed by atoms with Crippen molar-refractivity contribution >= 4 is 12.2 Å². The maximum absolute atomic E-state index is 10.6. The van der Waals surface area contributed by atoms with Gasteiger partial charge in [-0.3, -0.25) is 0 Å². The summed E-state index contributed by atoms with van der Waals surface area (Å²) in [5.74, 6) is 0.311. The van der Waals surface area contributed by atoms with E-state index >= 15 is 0 Å². The number of phenolic OH excluding ortho intramolecular Hbond substituents is 1. The molecule has 0 saturated carbocycles. The molecule has 0 aromatic heterocycles. The molecule has 1 nitrogen and oxygen atoms in total. The molecule has 27 heavy (non-hydrogen) atoms. The third-order valence-corrected chi connectivity index (χ3v) is 5.18. The molecule has 0 aliphatic rings. The Morgan fingerprint density at radius 3 is 1.56 bits per heavy atom. The summed E-state index contributed by atoms with van der Waals surface area (Å²) in [5, 5.41) is 12.5. The van der Waals surface area contributed by atoms with Crippen LogP contribution >= 0.6 is 0 Å². The lowest BCUT2D eigenvalue weighted by Crippen LogP contribution is -2.25. The minimum atomic E-state index is 0.311. The largest absolute Gasteiger partial charge is 0.507 e. The lowest BCUT2D eigenvalue weighted by atomic mass is 9.96. The number of phenols is 1. The van der Waals surface area contributed by atoms with Crippen molar-refractivity contribution in [3.63, 3.8) is 0 Å². The normalized spacial score (nSPS) is 12.7. The summed E-state index contributed by atoms with van der Waals surface area (Å²) < 4.78 is 0. The van der Waals surface area contributed by atoms with Gasteiger partial charge in [-0.15, -0.1) is 0 Å². The molecule has 0 aliphatic carbocycles. The second-order valence-corrected chi connectivity index (χ2v) is 7.69. The number of aromatic hydroxyl groups is 1. The molecule has 0 radical (unpaired) electrons. The van der Waals surface area contributed by atoms with Gasteiger partial charge in [-0.1, -0.05) is 47.5 Å². The van der Waals surface area contributed by atoms with Gasteiger partial charge in [-0.05, 0) is 98.4 Å². The van der Waals surface area contributed by atoms with E-state index in [1.807, 2.05) is 6.07 Å². The Morgan fingerprint density at radius 1 is 0.630 bits per heavy atom. The zero-order valence-electron chi connectivity index (χ0n) is 17.1. The first kappa shape index (κ1) is 19.0. The van der Waals surface area contributed by atoms with Crippen molar-refractivity contribution in [2.45, 2.75) is 41.5 Å². The minimum absolute atomic E-state index is 0.311. The fourth-order valence-electron chi connectivity index (χ4n) is 3.99. The monoisotopic (exact) mass is 356 g/mol. The predicted molar refractivity (Wildman–Crippen MR) is 116 cm³/mol. The van der Waals surface area contributed by atoms with Crippen LogP contribution in [0.4, 0.5) is 0 Å². The molecule has 0 amide bonds. The van der Waals surface area contributed by atoms with Crippen LogP contribution in [-0.4, -0.2) is 5.11 Å². The van der Waals surface area contributed by atoms with Gasteiger partial charge < -0.3 is 5.11 Å². The van der Waals surface area contributed by atoms with E-state index in [0.717, 1.165) is 10.4 Å². The van der Waals surface area contributed by atoms with Crippen LogP contribution in [-0.2, 0) is 0 Å². The zero-order chi connectivity index (χ0) is 19.7. The van der Waals surface area contributed by atoms with E-state index in [4.69, 9.17) is 0 Å².